The third kappa shape index (κ3) is 5.41. The van der Waals surface area contributed by atoms with Crippen LogP contribution in [0.5, 0.6) is 0 Å². The topological polar surface area (TPSA) is 162 Å². The van der Waals surface area contributed by atoms with Gasteiger partial charge in [0.15, 0.2) is 0 Å². The van der Waals surface area contributed by atoms with E-state index in [-0.39, 0.29) is 18.3 Å². The van der Waals surface area contributed by atoms with E-state index in [9.17, 15) is 19.2 Å². The largest absolute Gasteiger partial charge is 0.474 e. The molecule has 2 amide bonds. The Morgan fingerprint density at radius 2 is 1.73 bits per heavy atom. The molecule has 1 aliphatic heterocycles. The Morgan fingerprint density at radius 1 is 1.07 bits per heavy atom. The van der Waals surface area contributed by atoms with Crippen molar-refractivity contribution in [3.63, 3.8) is 0 Å². The lowest BCUT2D eigenvalue weighted by Crippen LogP contribution is -2.41. The van der Waals surface area contributed by atoms with Crippen molar-refractivity contribution < 1.29 is 34.1 Å². The lowest BCUT2D eigenvalue weighted by molar-refractivity contribution is -0.148. The van der Waals surface area contributed by atoms with Crippen LogP contribution in [0.4, 0.5) is 17.6 Å². The summed E-state index contributed by atoms with van der Waals surface area (Å²) in [7, 11) is 0. The van der Waals surface area contributed by atoms with Crippen LogP contribution in [0.1, 0.15) is 32.3 Å². The second-order valence-electron chi connectivity index (χ2n) is 6.55. The van der Waals surface area contributed by atoms with Gasteiger partial charge in [0.1, 0.15) is 11.6 Å². The van der Waals surface area contributed by atoms with E-state index in [1.54, 1.807) is 6.92 Å². The van der Waals surface area contributed by atoms with Gasteiger partial charge in [-0.2, -0.15) is 9.97 Å². The third-order valence-electron chi connectivity index (χ3n) is 4.33. The zero-order valence-corrected chi connectivity index (χ0v) is 16.9. The molecular weight excluding hydrogens is 398 g/mol. The van der Waals surface area contributed by atoms with Crippen molar-refractivity contribution in [1.82, 2.24) is 9.97 Å². The van der Waals surface area contributed by atoms with Gasteiger partial charge in [-0.15, -0.1) is 0 Å². The first-order valence-corrected chi connectivity index (χ1v) is 9.62. The maximum atomic E-state index is 12.2. The van der Waals surface area contributed by atoms with Crippen molar-refractivity contribution in [1.29, 1.82) is 0 Å². The van der Waals surface area contributed by atoms with Crippen LogP contribution in [0.25, 0.3) is 0 Å². The summed E-state index contributed by atoms with van der Waals surface area (Å²) in [5, 5.41) is 20.4. The SMILES string of the molecule is CCCc1c(NC(=O)C(=O)O)nc(N(CCC)C(=O)C(=O)O)nc1N1CCOCC1. The maximum Gasteiger partial charge on any atom is 0.395 e. The number of nitrogens with zero attached hydrogens (tertiary/aromatic N) is 4. The minimum atomic E-state index is -1.70. The maximum absolute atomic E-state index is 12.2. The molecule has 0 atom stereocenters. The number of carbonyl (C=O) groups excluding carboxylic acids is 2. The minimum Gasteiger partial charge on any atom is -0.474 e. The van der Waals surface area contributed by atoms with Crippen LogP contribution in [0.2, 0.25) is 0 Å². The highest BCUT2D eigenvalue weighted by atomic mass is 16.5. The standard InChI is InChI=1S/C18H25N5O7/c1-3-5-11-12(19-14(24)16(26)27)20-18(23(6-4-2)15(25)17(28)29)21-13(11)22-7-9-30-10-8-22/h3-10H2,1-2H3,(H,26,27)(H,28,29)(H,19,20,21,24). The van der Waals surface area contributed by atoms with Gasteiger partial charge < -0.3 is 25.2 Å². The molecular formula is C18H25N5O7. The van der Waals surface area contributed by atoms with Gasteiger partial charge in [0, 0.05) is 25.2 Å². The van der Waals surface area contributed by atoms with Crippen molar-refractivity contribution in [2.45, 2.75) is 33.1 Å². The molecule has 0 radical (unpaired) electrons. The van der Waals surface area contributed by atoms with Gasteiger partial charge in [-0.25, -0.2) is 9.59 Å². The van der Waals surface area contributed by atoms with Gasteiger partial charge in [0.25, 0.3) is 0 Å². The monoisotopic (exact) mass is 423 g/mol. The van der Waals surface area contributed by atoms with E-state index in [0.717, 1.165) is 4.90 Å². The van der Waals surface area contributed by atoms with Crippen molar-refractivity contribution >= 4 is 41.3 Å². The molecule has 0 saturated carbocycles. The predicted molar refractivity (Wildman–Crippen MR) is 106 cm³/mol. The number of hydrogen-bond acceptors (Lipinski definition) is 8. The zero-order valence-electron chi connectivity index (χ0n) is 16.9. The summed E-state index contributed by atoms with van der Waals surface area (Å²) in [5.41, 5.74) is 0.511. The molecule has 164 valence electrons. The van der Waals surface area contributed by atoms with Crippen LogP contribution in [0.3, 0.4) is 0 Å². The number of carboxylic acids is 2. The summed E-state index contributed by atoms with van der Waals surface area (Å²) in [5.74, 6) is -5.75. The Hall–Kier alpha value is -3.28. The average Bonchev–Trinajstić information content (AvgIpc) is 2.73. The molecule has 1 aromatic heterocycles. The van der Waals surface area contributed by atoms with Gasteiger partial charge in [-0.1, -0.05) is 20.3 Å². The molecule has 0 aromatic carbocycles. The molecule has 0 spiro atoms. The summed E-state index contributed by atoms with van der Waals surface area (Å²) >= 11 is 0. The first-order valence-electron chi connectivity index (χ1n) is 9.62. The molecule has 2 rings (SSSR count). The fraction of sp³-hybridized carbons (Fsp3) is 0.556. The van der Waals surface area contributed by atoms with Crippen molar-refractivity contribution in [3.05, 3.63) is 5.56 Å². The number of rotatable bonds is 7. The van der Waals surface area contributed by atoms with E-state index < -0.39 is 23.8 Å². The van der Waals surface area contributed by atoms with Gasteiger partial charge in [0.05, 0.1) is 13.2 Å². The van der Waals surface area contributed by atoms with Crippen LogP contribution < -0.4 is 15.1 Å². The Morgan fingerprint density at radius 3 is 2.27 bits per heavy atom. The summed E-state index contributed by atoms with van der Waals surface area (Å²) < 4.78 is 5.36. The molecule has 1 aliphatic rings. The van der Waals surface area contributed by atoms with Gasteiger partial charge in [-0.05, 0) is 12.8 Å². The quantitative estimate of drug-likeness (QED) is 0.513. The molecule has 0 bridgehead atoms. The lowest BCUT2D eigenvalue weighted by atomic mass is 10.1. The Balaban J connectivity index is 2.65. The van der Waals surface area contributed by atoms with Crippen molar-refractivity contribution in [3.8, 4) is 0 Å². The highest BCUT2D eigenvalue weighted by Gasteiger charge is 2.29. The second kappa shape index (κ2) is 10.5. The van der Waals surface area contributed by atoms with E-state index in [0.29, 0.717) is 56.9 Å². The normalized spacial score (nSPS) is 13.6. The highest BCUT2D eigenvalue weighted by Crippen LogP contribution is 2.30. The van der Waals surface area contributed by atoms with E-state index >= 15 is 0 Å². The van der Waals surface area contributed by atoms with E-state index in [4.69, 9.17) is 14.9 Å². The Bertz CT molecular complexity index is 823. The van der Waals surface area contributed by atoms with Crippen LogP contribution in [-0.2, 0) is 30.3 Å². The molecule has 3 N–H and O–H groups in total. The van der Waals surface area contributed by atoms with Crippen LogP contribution >= 0.6 is 0 Å². The first kappa shape index (κ1) is 23.0. The molecule has 30 heavy (non-hydrogen) atoms. The summed E-state index contributed by atoms with van der Waals surface area (Å²) in [6.07, 6.45) is 1.52. The number of ether oxygens (including phenoxy) is 1. The highest BCUT2D eigenvalue weighted by molar-refractivity contribution is 6.37. The number of carbonyl (C=O) groups is 4. The molecule has 2 heterocycles. The van der Waals surface area contributed by atoms with E-state index in [1.165, 1.54) is 0 Å². The lowest BCUT2D eigenvalue weighted by Gasteiger charge is -2.31. The van der Waals surface area contributed by atoms with Crippen molar-refractivity contribution in [2.75, 3.05) is 48.0 Å². The van der Waals surface area contributed by atoms with E-state index in [2.05, 4.69) is 15.3 Å². The van der Waals surface area contributed by atoms with E-state index in [1.807, 2.05) is 11.8 Å². The molecule has 1 saturated heterocycles. The Labute approximate surface area is 172 Å². The van der Waals surface area contributed by atoms with Crippen LogP contribution in [0, 0.1) is 0 Å². The number of hydrogen-bond donors (Lipinski definition) is 3. The van der Waals surface area contributed by atoms with Gasteiger partial charge in [-0.3, -0.25) is 14.5 Å². The molecule has 0 unspecified atom stereocenters. The molecule has 1 aromatic rings. The minimum absolute atomic E-state index is 0.0348. The summed E-state index contributed by atoms with van der Waals surface area (Å²) in [4.78, 5) is 57.8. The number of nitrogens with one attached hydrogen (secondary N) is 1. The zero-order chi connectivity index (χ0) is 22.3. The number of amides is 2. The third-order valence-corrected chi connectivity index (χ3v) is 4.33. The number of aliphatic carboxylic acids is 2. The fourth-order valence-electron chi connectivity index (χ4n) is 2.99. The number of anilines is 3. The summed E-state index contributed by atoms with van der Waals surface area (Å²) in [6.45, 7) is 5.54. The second-order valence-corrected chi connectivity index (χ2v) is 6.55. The number of aromatic nitrogens is 2. The average molecular weight is 423 g/mol. The van der Waals surface area contributed by atoms with Crippen LogP contribution in [-0.4, -0.2) is 76.8 Å². The molecule has 12 heteroatoms. The number of morpholine rings is 1. The molecule has 1 fully saturated rings. The molecule has 12 nitrogen and oxygen atoms in total. The smallest absolute Gasteiger partial charge is 0.395 e. The number of carboxylic acid groups (broad SMARTS) is 2. The van der Waals surface area contributed by atoms with Crippen molar-refractivity contribution in [2.24, 2.45) is 0 Å². The predicted octanol–water partition coefficient (Wildman–Crippen LogP) is 0.116. The van der Waals surface area contributed by atoms with Gasteiger partial charge >= 0.3 is 23.8 Å². The fourth-order valence-corrected chi connectivity index (χ4v) is 2.99. The van der Waals surface area contributed by atoms with Gasteiger partial charge in [0.2, 0.25) is 5.95 Å². The summed E-state index contributed by atoms with van der Waals surface area (Å²) in [6, 6.07) is 0. The Kier molecular flexibility index (Phi) is 8.04. The molecule has 0 aliphatic carbocycles. The van der Waals surface area contributed by atoms with Crippen LogP contribution in [0.15, 0.2) is 0 Å². The first-order chi connectivity index (χ1) is 14.3.